The summed E-state index contributed by atoms with van der Waals surface area (Å²) in [5, 5.41) is 3.10. The molecule has 0 aromatic heterocycles. The summed E-state index contributed by atoms with van der Waals surface area (Å²) in [6, 6.07) is 22.7. The van der Waals surface area contributed by atoms with Gasteiger partial charge in [0, 0.05) is 12.6 Å². The second kappa shape index (κ2) is 13.1. The van der Waals surface area contributed by atoms with Gasteiger partial charge in [-0.3, -0.25) is 13.9 Å². The highest BCUT2D eigenvalue weighted by molar-refractivity contribution is 7.92. The van der Waals surface area contributed by atoms with Crippen LogP contribution in [0.2, 0.25) is 0 Å². The molecular weight excluding hydrogens is 522 g/mol. The Morgan fingerprint density at radius 2 is 1.55 bits per heavy atom. The van der Waals surface area contributed by atoms with E-state index in [1.165, 1.54) is 21.3 Å². The number of benzene rings is 3. The Labute approximate surface area is 238 Å². The summed E-state index contributed by atoms with van der Waals surface area (Å²) in [6.45, 7) is 5.37. The molecule has 0 heterocycles. The molecule has 8 heteroatoms. The highest BCUT2D eigenvalue weighted by Gasteiger charge is 2.33. The second-order valence-corrected chi connectivity index (χ2v) is 12.5. The molecule has 1 atom stereocenters. The summed E-state index contributed by atoms with van der Waals surface area (Å²) < 4.78 is 29.0. The van der Waals surface area contributed by atoms with E-state index in [9.17, 15) is 18.0 Å². The highest BCUT2D eigenvalue weighted by atomic mass is 32.2. The van der Waals surface area contributed by atoms with Gasteiger partial charge in [-0.25, -0.2) is 8.42 Å². The maximum atomic E-state index is 14.0. The predicted octanol–water partition coefficient (Wildman–Crippen LogP) is 5.02. The topological polar surface area (TPSA) is 86.8 Å². The molecule has 0 unspecified atom stereocenters. The Kier molecular flexibility index (Phi) is 9.63. The lowest BCUT2D eigenvalue weighted by Crippen LogP contribution is -2.53. The third-order valence-corrected chi connectivity index (χ3v) is 9.36. The first kappa shape index (κ1) is 29.3. The summed E-state index contributed by atoms with van der Waals surface area (Å²) in [5.41, 5.74) is 3.21. The van der Waals surface area contributed by atoms with Crippen LogP contribution in [0.15, 0.2) is 83.8 Å². The van der Waals surface area contributed by atoms with Crippen LogP contribution in [-0.4, -0.2) is 50.3 Å². The molecule has 40 heavy (non-hydrogen) atoms. The fourth-order valence-electron chi connectivity index (χ4n) is 5.28. The molecule has 7 nitrogen and oxygen atoms in total. The first-order valence-electron chi connectivity index (χ1n) is 14.0. The molecule has 0 aliphatic heterocycles. The number of nitrogens with one attached hydrogen (secondary N) is 1. The first-order valence-corrected chi connectivity index (χ1v) is 15.4. The summed E-state index contributed by atoms with van der Waals surface area (Å²) in [4.78, 5) is 28.9. The van der Waals surface area contributed by atoms with Gasteiger partial charge in [-0.15, -0.1) is 0 Å². The fraction of sp³-hybridized carbons (Fsp3) is 0.375. The number of sulfonamides is 1. The predicted molar refractivity (Wildman–Crippen MR) is 159 cm³/mol. The third-order valence-electron chi connectivity index (χ3n) is 7.58. The number of hydrogen-bond acceptors (Lipinski definition) is 4. The van der Waals surface area contributed by atoms with Gasteiger partial charge in [-0.2, -0.15) is 0 Å². The van der Waals surface area contributed by atoms with Crippen molar-refractivity contribution >= 4 is 27.5 Å². The van der Waals surface area contributed by atoms with Crippen LogP contribution in [0.4, 0.5) is 5.69 Å². The number of anilines is 1. The maximum Gasteiger partial charge on any atom is 0.264 e. The van der Waals surface area contributed by atoms with E-state index in [0.717, 1.165) is 42.4 Å². The molecular formula is C32H39N3O4S. The molecule has 0 spiro atoms. The van der Waals surface area contributed by atoms with Crippen molar-refractivity contribution in [2.75, 3.05) is 17.4 Å². The SMILES string of the molecule is Cc1ccc(N(CC(=O)N(CCc2ccccc2)[C@@H](C)C(=O)NC2CCCC2)S(=O)(=O)c2ccccc2)c(C)c1. The molecule has 0 radical (unpaired) electrons. The molecule has 212 valence electrons. The lowest BCUT2D eigenvalue weighted by molar-refractivity contribution is -0.139. The molecule has 1 aliphatic carbocycles. The number of aryl methyl sites for hydroxylation is 2. The van der Waals surface area contributed by atoms with Crippen molar-refractivity contribution < 1.29 is 18.0 Å². The van der Waals surface area contributed by atoms with Gasteiger partial charge in [0.1, 0.15) is 12.6 Å². The summed E-state index contributed by atoms with van der Waals surface area (Å²) in [5.74, 6) is -0.637. The van der Waals surface area contributed by atoms with Crippen molar-refractivity contribution in [3.05, 3.63) is 95.6 Å². The average Bonchev–Trinajstić information content (AvgIpc) is 3.46. The lowest BCUT2D eigenvalue weighted by Gasteiger charge is -2.33. The number of nitrogens with zero attached hydrogens (tertiary/aromatic N) is 2. The van der Waals surface area contributed by atoms with Gasteiger partial charge < -0.3 is 10.2 Å². The number of hydrogen-bond donors (Lipinski definition) is 1. The van der Waals surface area contributed by atoms with Crippen LogP contribution in [-0.2, 0) is 26.0 Å². The average molecular weight is 562 g/mol. The van der Waals surface area contributed by atoms with E-state index in [0.29, 0.717) is 12.1 Å². The van der Waals surface area contributed by atoms with E-state index in [1.807, 2.05) is 56.3 Å². The Bertz CT molecular complexity index is 1400. The molecule has 1 saturated carbocycles. The zero-order chi connectivity index (χ0) is 28.7. The second-order valence-electron chi connectivity index (χ2n) is 10.6. The zero-order valence-electron chi connectivity index (χ0n) is 23.5. The van der Waals surface area contributed by atoms with Gasteiger partial charge >= 0.3 is 0 Å². The third kappa shape index (κ3) is 7.10. The summed E-state index contributed by atoms with van der Waals surface area (Å²) in [6.07, 6.45) is 4.58. The van der Waals surface area contributed by atoms with Crippen molar-refractivity contribution in [3.8, 4) is 0 Å². The van der Waals surface area contributed by atoms with Gasteiger partial charge in [0.25, 0.3) is 10.0 Å². The van der Waals surface area contributed by atoms with Gasteiger partial charge in [0.2, 0.25) is 11.8 Å². The van der Waals surface area contributed by atoms with Gasteiger partial charge in [0.15, 0.2) is 0 Å². The van der Waals surface area contributed by atoms with E-state index in [-0.39, 0.29) is 23.4 Å². The molecule has 1 aliphatic rings. The normalized spacial score (nSPS) is 14.5. The van der Waals surface area contributed by atoms with Crippen molar-refractivity contribution in [3.63, 3.8) is 0 Å². The van der Waals surface area contributed by atoms with Gasteiger partial charge in [-0.05, 0) is 69.4 Å². The van der Waals surface area contributed by atoms with E-state index in [4.69, 9.17) is 0 Å². The van der Waals surface area contributed by atoms with Gasteiger partial charge in [-0.1, -0.05) is 79.1 Å². The minimum Gasteiger partial charge on any atom is -0.352 e. The smallest absolute Gasteiger partial charge is 0.264 e. The first-order chi connectivity index (χ1) is 19.2. The van der Waals surface area contributed by atoms with Crippen LogP contribution in [0.25, 0.3) is 0 Å². The van der Waals surface area contributed by atoms with Crippen LogP contribution in [0.3, 0.4) is 0 Å². The lowest BCUT2D eigenvalue weighted by atomic mass is 10.1. The van der Waals surface area contributed by atoms with Crippen molar-refractivity contribution in [1.29, 1.82) is 0 Å². The van der Waals surface area contributed by atoms with Crippen LogP contribution in [0, 0.1) is 13.8 Å². The molecule has 1 N–H and O–H groups in total. The van der Waals surface area contributed by atoms with Crippen molar-refractivity contribution in [2.45, 2.75) is 69.9 Å². The molecule has 4 rings (SSSR count). The fourth-order valence-corrected chi connectivity index (χ4v) is 6.78. The number of rotatable bonds is 11. The number of carbonyl (C=O) groups excluding carboxylic acids is 2. The Hall–Kier alpha value is -3.65. The number of carbonyl (C=O) groups is 2. The quantitative estimate of drug-likeness (QED) is 0.356. The maximum absolute atomic E-state index is 14.0. The molecule has 0 bridgehead atoms. The minimum absolute atomic E-state index is 0.102. The van der Waals surface area contributed by atoms with Crippen LogP contribution in [0.1, 0.15) is 49.3 Å². The summed E-state index contributed by atoms with van der Waals surface area (Å²) >= 11 is 0. The number of amides is 2. The summed E-state index contributed by atoms with van der Waals surface area (Å²) in [7, 11) is -4.06. The van der Waals surface area contributed by atoms with Gasteiger partial charge in [0.05, 0.1) is 10.6 Å². The van der Waals surface area contributed by atoms with Crippen molar-refractivity contribution in [1.82, 2.24) is 10.2 Å². The van der Waals surface area contributed by atoms with E-state index in [1.54, 1.807) is 31.2 Å². The van der Waals surface area contributed by atoms with E-state index in [2.05, 4.69) is 5.32 Å². The standard InChI is InChI=1S/C32H39N3O4S/c1-24-18-19-30(25(2)22-24)35(40(38,39)29-16-8-5-9-17-29)23-31(36)34(21-20-27-12-6-4-7-13-27)26(3)32(37)33-28-14-10-11-15-28/h4-9,12-13,16-19,22,26,28H,10-11,14-15,20-21,23H2,1-3H3,(H,33,37)/t26-/m0/s1. The zero-order valence-corrected chi connectivity index (χ0v) is 24.4. The van der Waals surface area contributed by atoms with Crippen LogP contribution >= 0.6 is 0 Å². The Balaban J connectivity index is 1.66. The van der Waals surface area contributed by atoms with Crippen LogP contribution in [0.5, 0.6) is 0 Å². The molecule has 2 amide bonds. The monoisotopic (exact) mass is 561 g/mol. The largest absolute Gasteiger partial charge is 0.352 e. The molecule has 3 aromatic carbocycles. The molecule has 1 fully saturated rings. The van der Waals surface area contributed by atoms with E-state index < -0.39 is 28.5 Å². The van der Waals surface area contributed by atoms with Crippen LogP contribution < -0.4 is 9.62 Å². The molecule has 3 aromatic rings. The molecule has 0 saturated heterocycles. The Morgan fingerprint density at radius 3 is 2.17 bits per heavy atom. The Morgan fingerprint density at radius 1 is 0.925 bits per heavy atom. The highest BCUT2D eigenvalue weighted by Crippen LogP contribution is 2.28. The minimum atomic E-state index is -4.06. The van der Waals surface area contributed by atoms with Crippen molar-refractivity contribution in [2.24, 2.45) is 0 Å². The van der Waals surface area contributed by atoms with E-state index >= 15 is 0 Å².